The summed E-state index contributed by atoms with van der Waals surface area (Å²) in [4.78, 5) is 22.4. The average Bonchev–Trinajstić information content (AvgIpc) is 2.74. The van der Waals surface area contributed by atoms with E-state index < -0.39 is 11.9 Å². The van der Waals surface area contributed by atoms with Crippen LogP contribution >= 0.6 is 0 Å². The van der Waals surface area contributed by atoms with E-state index in [2.05, 4.69) is 14.9 Å². The molecule has 0 aliphatic heterocycles. The van der Waals surface area contributed by atoms with E-state index in [4.69, 9.17) is 4.74 Å². The molecule has 1 heterocycles. The molecule has 6 heteroatoms. The van der Waals surface area contributed by atoms with Crippen molar-refractivity contribution in [2.75, 3.05) is 7.11 Å². The highest BCUT2D eigenvalue weighted by molar-refractivity contribution is 6.03. The number of benzene rings is 1. The van der Waals surface area contributed by atoms with Gasteiger partial charge in [0.1, 0.15) is 5.75 Å². The first-order chi connectivity index (χ1) is 8.11. The van der Waals surface area contributed by atoms with Gasteiger partial charge in [0, 0.05) is 12.3 Å². The van der Waals surface area contributed by atoms with Crippen LogP contribution in [0.1, 0.15) is 17.3 Å². The quantitative estimate of drug-likeness (QED) is 0.625. The van der Waals surface area contributed by atoms with Gasteiger partial charge in [0.2, 0.25) is 0 Å². The van der Waals surface area contributed by atoms with E-state index in [0.717, 1.165) is 0 Å². The predicted octanol–water partition coefficient (Wildman–Crippen LogP) is 1.27. The third-order valence-electron chi connectivity index (χ3n) is 2.19. The van der Waals surface area contributed by atoms with E-state index >= 15 is 0 Å². The van der Waals surface area contributed by atoms with Crippen LogP contribution in [-0.2, 0) is 9.53 Å². The fraction of sp³-hybridized carbons (Fsp3) is 0.182. The monoisotopic (exact) mass is 234 g/mol. The zero-order valence-corrected chi connectivity index (χ0v) is 9.31. The first-order valence-corrected chi connectivity index (χ1v) is 4.85. The Hall–Kier alpha value is -2.37. The fourth-order valence-corrected chi connectivity index (χ4v) is 1.53. The fourth-order valence-electron chi connectivity index (χ4n) is 1.53. The molecule has 0 unspecified atom stereocenters. The van der Waals surface area contributed by atoms with E-state index in [0.29, 0.717) is 10.9 Å². The van der Waals surface area contributed by atoms with Crippen molar-refractivity contribution in [1.29, 1.82) is 0 Å². The Morgan fingerprint density at radius 2 is 2.12 bits per heavy atom. The summed E-state index contributed by atoms with van der Waals surface area (Å²) in [7, 11) is 1.28. The summed E-state index contributed by atoms with van der Waals surface area (Å²) in [6.45, 7) is 1.29. The molecule has 0 bridgehead atoms. The maximum Gasteiger partial charge on any atom is 0.340 e. The highest BCUT2D eigenvalue weighted by atomic mass is 16.5. The lowest BCUT2D eigenvalue weighted by Gasteiger charge is -2.05. The first kappa shape index (κ1) is 11.1. The van der Waals surface area contributed by atoms with Gasteiger partial charge in [0.05, 0.1) is 24.4 Å². The molecule has 0 aliphatic carbocycles. The molecule has 0 spiro atoms. The van der Waals surface area contributed by atoms with Crippen LogP contribution in [0.15, 0.2) is 18.3 Å². The van der Waals surface area contributed by atoms with Gasteiger partial charge in [-0.25, -0.2) is 4.79 Å². The molecule has 6 nitrogen and oxygen atoms in total. The largest absolute Gasteiger partial charge is 0.465 e. The summed E-state index contributed by atoms with van der Waals surface area (Å²) in [5, 5.41) is 7.19. The van der Waals surface area contributed by atoms with E-state index in [-0.39, 0.29) is 11.3 Å². The molecule has 17 heavy (non-hydrogen) atoms. The summed E-state index contributed by atoms with van der Waals surface area (Å²) in [5.74, 6) is -0.691. The molecule has 2 rings (SSSR count). The second kappa shape index (κ2) is 4.25. The van der Waals surface area contributed by atoms with Crippen molar-refractivity contribution < 1.29 is 19.1 Å². The van der Waals surface area contributed by atoms with E-state index in [1.54, 1.807) is 6.07 Å². The summed E-state index contributed by atoms with van der Waals surface area (Å²) < 4.78 is 9.59. The van der Waals surface area contributed by atoms with Crippen molar-refractivity contribution >= 4 is 22.8 Å². The Labute approximate surface area is 96.5 Å². The maximum atomic E-state index is 11.6. The molecule has 2 aromatic rings. The molecular weight excluding hydrogens is 224 g/mol. The normalized spacial score (nSPS) is 10.2. The third-order valence-corrected chi connectivity index (χ3v) is 2.19. The number of nitrogens with one attached hydrogen (secondary N) is 1. The molecule has 88 valence electrons. The third kappa shape index (κ3) is 2.10. The number of nitrogens with zero attached hydrogens (tertiary/aromatic N) is 1. The highest BCUT2D eigenvalue weighted by Crippen LogP contribution is 2.24. The van der Waals surface area contributed by atoms with Crippen molar-refractivity contribution in [3.63, 3.8) is 0 Å². The second-order valence-corrected chi connectivity index (χ2v) is 3.39. The van der Waals surface area contributed by atoms with E-state index in [1.165, 1.54) is 26.3 Å². The number of hydrogen-bond acceptors (Lipinski definition) is 5. The molecule has 1 aromatic carbocycles. The topological polar surface area (TPSA) is 81.3 Å². The number of fused-ring (bicyclic) bond motifs is 1. The van der Waals surface area contributed by atoms with E-state index in [9.17, 15) is 9.59 Å². The number of carbonyl (C=O) groups excluding carboxylic acids is 2. The standard InChI is InChI=1S/C11H10N2O4/c1-6(14)17-8-3-7-5-12-13-10(7)9(4-8)11(15)16-2/h3-5H,1-2H3,(H,12,13). The molecule has 0 atom stereocenters. The lowest BCUT2D eigenvalue weighted by molar-refractivity contribution is -0.131. The molecular formula is C11H10N2O4. The van der Waals surface area contributed by atoms with Crippen molar-refractivity contribution in [3.05, 3.63) is 23.9 Å². The van der Waals surface area contributed by atoms with Gasteiger partial charge in [-0.3, -0.25) is 9.89 Å². The summed E-state index contributed by atoms with van der Waals surface area (Å²) >= 11 is 0. The molecule has 0 saturated heterocycles. The van der Waals surface area contributed by atoms with Gasteiger partial charge in [-0.05, 0) is 12.1 Å². The smallest absolute Gasteiger partial charge is 0.340 e. The predicted molar refractivity (Wildman–Crippen MR) is 58.7 cm³/mol. The number of aromatic amines is 1. The Morgan fingerprint density at radius 3 is 2.76 bits per heavy atom. The summed E-state index contributed by atoms with van der Waals surface area (Å²) in [6, 6.07) is 3.06. The highest BCUT2D eigenvalue weighted by Gasteiger charge is 2.15. The van der Waals surface area contributed by atoms with Gasteiger partial charge >= 0.3 is 11.9 Å². The molecule has 0 saturated carbocycles. The molecule has 0 aliphatic rings. The van der Waals surface area contributed by atoms with Gasteiger partial charge in [0.25, 0.3) is 0 Å². The SMILES string of the molecule is COC(=O)c1cc(OC(C)=O)cc2cn[nH]c12. The van der Waals surface area contributed by atoms with Crippen molar-refractivity contribution in [1.82, 2.24) is 10.2 Å². The maximum absolute atomic E-state index is 11.6. The van der Waals surface area contributed by atoms with Crippen LogP contribution in [0.3, 0.4) is 0 Å². The van der Waals surface area contributed by atoms with Gasteiger partial charge in [0.15, 0.2) is 0 Å². The van der Waals surface area contributed by atoms with Crippen LogP contribution in [0.2, 0.25) is 0 Å². The number of rotatable bonds is 2. The van der Waals surface area contributed by atoms with Crippen molar-refractivity contribution in [2.45, 2.75) is 6.92 Å². The zero-order chi connectivity index (χ0) is 12.4. The van der Waals surface area contributed by atoms with Crippen LogP contribution < -0.4 is 4.74 Å². The molecule has 0 radical (unpaired) electrons. The minimum Gasteiger partial charge on any atom is -0.465 e. The number of methoxy groups -OCH3 is 1. The van der Waals surface area contributed by atoms with Crippen LogP contribution in [0.5, 0.6) is 5.75 Å². The Bertz CT molecular complexity index is 588. The van der Waals surface area contributed by atoms with Gasteiger partial charge in [-0.15, -0.1) is 0 Å². The van der Waals surface area contributed by atoms with Crippen molar-refractivity contribution in [3.8, 4) is 5.75 Å². The number of esters is 2. The van der Waals surface area contributed by atoms with E-state index in [1.807, 2.05) is 0 Å². The zero-order valence-electron chi connectivity index (χ0n) is 9.31. The summed E-state index contributed by atoms with van der Waals surface area (Å²) in [5.41, 5.74) is 0.825. The number of carbonyl (C=O) groups is 2. The Kier molecular flexibility index (Phi) is 2.78. The van der Waals surface area contributed by atoms with Gasteiger partial charge in [-0.2, -0.15) is 5.10 Å². The number of ether oxygens (including phenoxy) is 2. The Balaban J connectivity index is 2.58. The van der Waals surface area contributed by atoms with Gasteiger partial charge in [-0.1, -0.05) is 0 Å². The number of aromatic nitrogens is 2. The van der Waals surface area contributed by atoms with Crippen LogP contribution in [-0.4, -0.2) is 29.2 Å². The molecule has 0 fully saturated rings. The van der Waals surface area contributed by atoms with Crippen molar-refractivity contribution in [2.24, 2.45) is 0 Å². The number of hydrogen-bond donors (Lipinski definition) is 1. The molecule has 0 amide bonds. The molecule has 1 N–H and O–H groups in total. The molecule has 1 aromatic heterocycles. The second-order valence-electron chi connectivity index (χ2n) is 3.39. The minimum atomic E-state index is -0.520. The van der Waals surface area contributed by atoms with Crippen LogP contribution in [0.4, 0.5) is 0 Å². The summed E-state index contributed by atoms with van der Waals surface area (Å²) in [6.07, 6.45) is 1.54. The lowest BCUT2D eigenvalue weighted by Crippen LogP contribution is -2.05. The van der Waals surface area contributed by atoms with Crippen LogP contribution in [0.25, 0.3) is 10.9 Å². The van der Waals surface area contributed by atoms with Gasteiger partial charge < -0.3 is 9.47 Å². The van der Waals surface area contributed by atoms with Crippen LogP contribution in [0, 0.1) is 0 Å². The number of H-pyrrole nitrogens is 1. The first-order valence-electron chi connectivity index (χ1n) is 4.85. The average molecular weight is 234 g/mol. The minimum absolute atomic E-state index is 0.277. The lowest BCUT2D eigenvalue weighted by atomic mass is 10.1. The Morgan fingerprint density at radius 1 is 1.35 bits per heavy atom.